The number of cyclic esters (lactones) is 1. The number of anilines is 1. The minimum absolute atomic E-state index is 0.0866. The normalized spacial score (nSPS) is 18.2. The van der Waals surface area contributed by atoms with Crippen molar-refractivity contribution in [3.8, 4) is 5.75 Å². The number of likely N-dealkylation sites (N-methyl/N-ethyl adjacent to an activating group) is 1. The van der Waals surface area contributed by atoms with Gasteiger partial charge >= 0.3 is 6.09 Å². The summed E-state index contributed by atoms with van der Waals surface area (Å²) in [6.45, 7) is 2.15. The minimum atomic E-state index is -0.339. The summed E-state index contributed by atoms with van der Waals surface area (Å²) in [6, 6.07) is 5.18. The second-order valence-electron chi connectivity index (χ2n) is 7.11. The first kappa shape index (κ1) is 19.8. The van der Waals surface area contributed by atoms with Gasteiger partial charge in [-0.25, -0.2) is 4.79 Å². The second kappa shape index (κ2) is 8.37. The molecule has 1 aromatic rings. The van der Waals surface area contributed by atoms with Crippen molar-refractivity contribution < 1.29 is 23.9 Å². The average Bonchev–Trinajstić information content (AvgIpc) is 3.08. The molecule has 9 nitrogen and oxygen atoms in total. The molecule has 1 atom stereocenters. The molecule has 0 radical (unpaired) electrons. The lowest BCUT2D eigenvalue weighted by atomic mass is 10.1. The number of ether oxygens (including phenoxy) is 2. The predicted octanol–water partition coefficient (Wildman–Crippen LogP) is 0.544. The Labute approximate surface area is 164 Å². The Hall–Kier alpha value is -2.97. The maximum Gasteiger partial charge on any atom is 0.409 e. The Morgan fingerprint density at radius 2 is 2.07 bits per heavy atom. The van der Waals surface area contributed by atoms with Crippen LogP contribution in [0.3, 0.4) is 0 Å². The van der Waals surface area contributed by atoms with Gasteiger partial charge in [-0.3, -0.25) is 9.59 Å². The molecular weight excluding hydrogens is 364 g/mol. The lowest BCUT2D eigenvalue weighted by Crippen LogP contribution is -2.44. The van der Waals surface area contributed by atoms with Gasteiger partial charge in [0.15, 0.2) is 0 Å². The molecule has 9 heteroatoms. The zero-order chi connectivity index (χ0) is 20.3. The lowest BCUT2D eigenvalue weighted by Gasteiger charge is -2.35. The van der Waals surface area contributed by atoms with Crippen LogP contribution in [0.25, 0.3) is 0 Å². The molecule has 2 aliphatic heterocycles. The quantitative estimate of drug-likeness (QED) is 0.763. The van der Waals surface area contributed by atoms with E-state index in [-0.39, 0.29) is 30.4 Å². The molecular formula is C19H26N4O5. The van der Waals surface area contributed by atoms with Gasteiger partial charge in [0.2, 0.25) is 5.91 Å². The van der Waals surface area contributed by atoms with Crippen LogP contribution in [-0.2, 0) is 9.53 Å². The van der Waals surface area contributed by atoms with Crippen molar-refractivity contribution in [1.82, 2.24) is 15.1 Å². The van der Waals surface area contributed by atoms with Gasteiger partial charge < -0.3 is 29.5 Å². The largest absolute Gasteiger partial charge is 0.489 e. The van der Waals surface area contributed by atoms with E-state index in [9.17, 15) is 14.4 Å². The number of fused-ring (bicyclic) bond motifs is 1. The molecule has 1 N–H and O–H groups in total. The van der Waals surface area contributed by atoms with E-state index in [1.807, 2.05) is 11.9 Å². The maximum atomic E-state index is 12.3. The second-order valence-corrected chi connectivity index (χ2v) is 7.11. The summed E-state index contributed by atoms with van der Waals surface area (Å²) in [4.78, 5) is 41.0. The molecule has 0 unspecified atom stereocenters. The molecule has 3 rings (SSSR count). The van der Waals surface area contributed by atoms with Crippen molar-refractivity contribution in [2.75, 3.05) is 58.9 Å². The third-order valence-corrected chi connectivity index (χ3v) is 4.94. The third-order valence-electron chi connectivity index (χ3n) is 4.94. The number of nitrogens with zero attached hydrogens (tertiary/aromatic N) is 3. The van der Waals surface area contributed by atoms with Crippen molar-refractivity contribution in [1.29, 1.82) is 0 Å². The number of carbonyl (C=O) groups excluding carboxylic acids is 3. The van der Waals surface area contributed by atoms with Crippen LogP contribution in [0.1, 0.15) is 16.8 Å². The van der Waals surface area contributed by atoms with Crippen LogP contribution in [-0.4, -0.2) is 87.7 Å². The van der Waals surface area contributed by atoms with Crippen molar-refractivity contribution in [3.05, 3.63) is 23.8 Å². The number of nitrogens with one attached hydrogen (secondary N) is 1. The summed E-state index contributed by atoms with van der Waals surface area (Å²) in [7, 11) is 5.30. The van der Waals surface area contributed by atoms with Gasteiger partial charge in [-0.05, 0) is 18.2 Å². The van der Waals surface area contributed by atoms with E-state index in [0.717, 1.165) is 5.69 Å². The minimum Gasteiger partial charge on any atom is -0.489 e. The van der Waals surface area contributed by atoms with E-state index >= 15 is 0 Å². The van der Waals surface area contributed by atoms with Gasteiger partial charge in [-0.2, -0.15) is 0 Å². The highest BCUT2D eigenvalue weighted by Gasteiger charge is 2.28. The van der Waals surface area contributed by atoms with E-state index < -0.39 is 0 Å². The fourth-order valence-electron chi connectivity index (χ4n) is 3.24. The summed E-state index contributed by atoms with van der Waals surface area (Å²) < 4.78 is 10.6. The molecule has 0 aliphatic carbocycles. The number of rotatable bonds is 6. The highest BCUT2D eigenvalue weighted by molar-refractivity contribution is 5.95. The predicted molar refractivity (Wildman–Crippen MR) is 103 cm³/mol. The van der Waals surface area contributed by atoms with Gasteiger partial charge in [0.1, 0.15) is 19.0 Å². The average molecular weight is 390 g/mol. The molecule has 1 aromatic carbocycles. The van der Waals surface area contributed by atoms with E-state index in [2.05, 4.69) is 5.32 Å². The standard InChI is InChI=1S/C19H26N4O5/c1-21(2)18(25)13-4-5-16-15(10-13)22(3)14(12-28-16)11-17(24)20-6-7-23-8-9-27-19(23)26/h4-5,10,14H,6-9,11-12H2,1-3H3,(H,20,24)/t14-/m0/s1. The fourth-order valence-corrected chi connectivity index (χ4v) is 3.24. The molecule has 2 heterocycles. The summed E-state index contributed by atoms with van der Waals surface area (Å²) >= 11 is 0. The Morgan fingerprint density at radius 3 is 2.75 bits per heavy atom. The molecule has 0 saturated carbocycles. The SMILES string of the molecule is CN(C)C(=O)c1ccc2c(c1)N(C)[C@@H](CC(=O)NCCN1CCOC1=O)CO2. The molecule has 0 aromatic heterocycles. The van der Waals surface area contributed by atoms with Gasteiger partial charge in [0, 0.05) is 39.8 Å². The van der Waals surface area contributed by atoms with Crippen LogP contribution in [0, 0.1) is 0 Å². The molecule has 1 fully saturated rings. The van der Waals surface area contributed by atoms with Gasteiger partial charge in [0.25, 0.3) is 5.91 Å². The third kappa shape index (κ3) is 4.29. The summed E-state index contributed by atoms with van der Waals surface area (Å²) in [5.74, 6) is 0.496. The summed E-state index contributed by atoms with van der Waals surface area (Å²) in [5, 5.41) is 2.84. The first-order valence-corrected chi connectivity index (χ1v) is 9.26. The van der Waals surface area contributed by atoms with Crippen molar-refractivity contribution in [2.24, 2.45) is 0 Å². The van der Waals surface area contributed by atoms with Crippen LogP contribution in [0.2, 0.25) is 0 Å². The van der Waals surface area contributed by atoms with E-state index in [1.54, 1.807) is 37.2 Å². The van der Waals surface area contributed by atoms with E-state index in [1.165, 1.54) is 4.90 Å². The van der Waals surface area contributed by atoms with Crippen molar-refractivity contribution in [3.63, 3.8) is 0 Å². The van der Waals surface area contributed by atoms with Crippen molar-refractivity contribution in [2.45, 2.75) is 12.5 Å². The Kier molecular flexibility index (Phi) is 5.91. The number of amides is 3. The first-order valence-electron chi connectivity index (χ1n) is 9.26. The first-order chi connectivity index (χ1) is 13.4. The summed E-state index contributed by atoms with van der Waals surface area (Å²) in [5.41, 5.74) is 1.36. The van der Waals surface area contributed by atoms with E-state index in [0.29, 0.717) is 44.2 Å². The molecule has 0 bridgehead atoms. The van der Waals surface area contributed by atoms with Gasteiger partial charge in [-0.15, -0.1) is 0 Å². The number of carbonyl (C=O) groups is 3. The van der Waals surface area contributed by atoms with Crippen LogP contribution < -0.4 is 15.0 Å². The number of benzene rings is 1. The topological polar surface area (TPSA) is 91.4 Å². The van der Waals surface area contributed by atoms with Crippen molar-refractivity contribution >= 4 is 23.6 Å². The summed E-state index contributed by atoms with van der Waals surface area (Å²) in [6.07, 6.45) is -0.0824. The number of hydrogen-bond acceptors (Lipinski definition) is 6. The molecule has 152 valence electrons. The van der Waals surface area contributed by atoms with E-state index in [4.69, 9.17) is 9.47 Å². The lowest BCUT2D eigenvalue weighted by molar-refractivity contribution is -0.121. The fraction of sp³-hybridized carbons (Fsp3) is 0.526. The van der Waals surface area contributed by atoms with Gasteiger partial charge in [0.05, 0.1) is 24.7 Å². The Balaban J connectivity index is 1.56. The molecule has 0 spiro atoms. The van der Waals surface area contributed by atoms with Gasteiger partial charge in [-0.1, -0.05) is 0 Å². The highest BCUT2D eigenvalue weighted by Crippen LogP contribution is 2.34. The highest BCUT2D eigenvalue weighted by atomic mass is 16.6. The Bertz CT molecular complexity index is 767. The maximum absolute atomic E-state index is 12.3. The zero-order valence-corrected chi connectivity index (χ0v) is 16.4. The molecule has 3 amide bonds. The molecule has 2 aliphatic rings. The van der Waals surface area contributed by atoms with Crippen LogP contribution in [0.5, 0.6) is 5.75 Å². The monoisotopic (exact) mass is 390 g/mol. The zero-order valence-electron chi connectivity index (χ0n) is 16.4. The van der Waals surface area contributed by atoms with Crippen LogP contribution in [0.15, 0.2) is 18.2 Å². The van der Waals surface area contributed by atoms with Crippen LogP contribution >= 0.6 is 0 Å². The smallest absolute Gasteiger partial charge is 0.409 e. The Morgan fingerprint density at radius 1 is 1.29 bits per heavy atom. The molecule has 28 heavy (non-hydrogen) atoms. The number of hydrogen-bond donors (Lipinski definition) is 1. The van der Waals surface area contributed by atoms with Crippen LogP contribution in [0.4, 0.5) is 10.5 Å². The molecule has 1 saturated heterocycles.